The summed E-state index contributed by atoms with van der Waals surface area (Å²) < 4.78 is 26.5. The minimum Gasteiger partial charge on any atom is -0.271 e. The van der Waals surface area contributed by atoms with Crippen molar-refractivity contribution in [3.63, 3.8) is 0 Å². The fourth-order valence-electron chi connectivity index (χ4n) is 1.48. The van der Waals surface area contributed by atoms with Crippen LogP contribution in [0.1, 0.15) is 31.4 Å². The SMILES string of the molecule is C=C(CC)CC(NN)c1cccc(F)c1F. The molecule has 0 bridgehead atoms. The first-order valence-corrected chi connectivity index (χ1v) is 5.16. The summed E-state index contributed by atoms with van der Waals surface area (Å²) >= 11 is 0. The van der Waals surface area contributed by atoms with Gasteiger partial charge in [0.05, 0.1) is 6.04 Å². The van der Waals surface area contributed by atoms with Crippen LogP contribution in [0.2, 0.25) is 0 Å². The lowest BCUT2D eigenvalue weighted by atomic mass is 9.98. The van der Waals surface area contributed by atoms with E-state index in [9.17, 15) is 8.78 Å². The second kappa shape index (κ2) is 5.72. The molecule has 1 unspecified atom stereocenters. The minimum absolute atomic E-state index is 0.233. The Balaban J connectivity index is 2.95. The van der Waals surface area contributed by atoms with E-state index in [1.54, 1.807) is 0 Å². The van der Waals surface area contributed by atoms with Gasteiger partial charge in [-0.2, -0.15) is 0 Å². The fraction of sp³-hybridized carbons (Fsp3) is 0.333. The van der Waals surface area contributed by atoms with Crippen molar-refractivity contribution in [1.82, 2.24) is 5.43 Å². The molecule has 4 heteroatoms. The van der Waals surface area contributed by atoms with Crippen molar-refractivity contribution >= 4 is 0 Å². The molecule has 0 amide bonds. The third-order valence-corrected chi connectivity index (χ3v) is 2.55. The first-order valence-electron chi connectivity index (χ1n) is 5.16. The third-order valence-electron chi connectivity index (χ3n) is 2.55. The molecule has 2 nitrogen and oxygen atoms in total. The van der Waals surface area contributed by atoms with Crippen LogP contribution in [0.3, 0.4) is 0 Å². The van der Waals surface area contributed by atoms with Crippen LogP contribution in [-0.2, 0) is 0 Å². The van der Waals surface area contributed by atoms with Gasteiger partial charge in [-0.25, -0.2) is 8.78 Å². The van der Waals surface area contributed by atoms with Crippen molar-refractivity contribution in [3.8, 4) is 0 Å². The number of hydrogen-bond acceptors (Lipinski definition) is 2. The molecule has 0 aliphatic heterocycles. The number of nitrogens with two attached hydrogens (primary N) is 1. The normalized spacial score (nSPS) is 12.5. The van der Waals surface area contributed by atoms with Gasteiger partial charge in [-0.05, 0) is 18.9 Å². The van der Waals surface area contributed by atoms with Crippen LogP contribution in [0.15, 0.2) is 30.4 Å². The molecule has 0 aromatic heterocycles. The molecule has 0 saturated heterocycles. The molecule has 0 heterocycles. The van der Waals surface area contributed by atoms with E-state index >= 15 is 0 Å². The first-order chi connectivity index (χ1) is 7.60. The molecule has 1 aromatic rings. The van der Waals surface area contributed by atoms with E-state index < -0.39 is 17.7 Å². The van der Waals surface area contributed by atoms with Gasteiger partial charge in [-0.15, -0.1) is 0 Å². The van der Waals surface area contributed by atoms with Crippen LogP contribution < -0.4 is 11.3 Å². The summed E-state index contributed by atoms with van der Waals surface area (Å²) in [5.41, 5.74) is 3.65. The van der Waals surface area contributed by atoms with E-state index in [4.69, 9.17) is 5.84 Å². The molecule has 16 heavy (non-hydrogen) atoms. The Morgan fingerprint density at radius 1 is 1.50 bits per heavy atom. The Bertz CT molecular complexity index is 377. The van der Waals surface area contributed by atoms with Gasteiger partial charge >= 0.3 is 0 Å². The average molecular weight is 226 g/mol. The summed E-state index contributed by atoms with van der Waals surface area (Å²) in [6.45, 7) is 5.78. The molecular formula is C12H16F2N2. The summed E-state index contributed by atoms with van der Waals surface area (Å²) in [5, 5.41) is 0. The molecule has 0 aliphatic rings. The van der Waals surface area contributed by atoms with E-state index in [-0.39, 0.29) is 5.56 Å². The maximum atomic E-state index is 13.5. The second-order valence-corrected chi connectivity index (χ2v) is 3.67. The molecule has 0 fully saturated rings. The molecule has 0 saturated carbocycles. The minimum atomic E-state index is -0.861. The summed E-state index contributed by atoms with van der Waals surface area (Å²) in [7, 11) is 0. The predicted octanol–water partition coefficient (Wildman–Crippen LogP) is 2.83. The number of halogens is 2. The highest BCUT2D eigenvalue weighted by molar-refractivity contribution is 5.23. The zero-order valence-electron chi connectivity index (χ0n) is 9.26. The summed E-state index contributed by atoms with van der Waals surface area (Å²) in [6.07, 6.45) is 1.28. The van der Waals surface area contributed by atoms with E-state index in [1.165, 1.54) is 12.1 Å². The van der Waals surface area contributed by atoms with Gasteiger partial charge in [0.2, 0.25) is 0 Å². The van der Waals surface area contributed by atoms with Gasteiger partial charge in [0.15, 0.2) is 11.6 Å². The Morgan fingerprint density at radius 2 is 2.19 bits per heavy atom. The Labute approximate surface area is 94.1 Å². The lowest BCUT2D eigenvalue weighted by molar-refractivity contribution is 0.462. The third kappa shape index (κ3) is 2.87. The van der Waals surface area contributed by atoms with E-state index in [0.717, 1.165) is 18.1 Å². The highest BCUT2D eigenvalue weighted by Gasteiger charge is 2.17. The standard InChI is InChI=1S/C12H16F2N2/c1-3-8(2)7-11(16-15)9-5-4-6-10(13)12(9)14/h4-6,11,16H,2-3,7,15H2,1H3. The average Bonchev–Trinajstić information content (AvgIpc) is 2.29. The number of hydrazine groups is 1. The van der Waals surface area contributed by atoms with Crippen molar-refractivity contribution in [2.45, 2.75) is 25.8 Å². The molecule has 0 spiro atoms. The van der Waals surface area contributed by atoms with Gasteiger partial charge in [-0.3, -0.25) is 11.3 Å². The summed E-state index contributed by atoms with van der Waals surface area (Å²) in [4.78, 5) is 0. The largest absolute Gasteiger partial charge is 0.271 e. The van der Waals surface area contributed by atoms with Crippen molar-refractivity contribution < 1.29 is 8.78 Å². The second-order valence-electron chi connectivity index (χ2n) is 3.67. The smallest absolute Gasteiger partial charge is 0.163 e. The highest BCUT2D eigenvalue weighted by Crippen LogP contribution is 2.24. The van der Waals surface area contributed by atoms with Crippen molar-refractivity contribution in [1.29, 1.82) is 0 Å². The zero-order chi connectivity index (χ0) is 12.1. The molecule has 1 atom stereocenters. The van der Waals surface area contributed by atoms with Crippen molar-refractivity contribution in [2.75, 3.05) is 0 Å². The van der Waals surface area contributed by atoms with Crippen LogP contribution >= 0.6 is 0 Å². The van der Waals surface area contributed by atoms with Gasteiger partial charge in [-0.1, -0.05) is 31.2 Å². The lowest BCUT2D eigenvalue weighted by Crippen LogP contribution is -2.29. The first kappa shape index (κ1) is 12.8. The van der Waals surface area contributed by atoms with Crippen molar-refractivity contribution in [2.24, 2.45) is 5.84 Å². The number of rotatable bonds is 5. The summed E-state index contributed by atoms with van der Waals surface area (Å²) in [5.74, 6) is 3.63. The Kier molecular flexibility index (Phi) is 4.58. The zero-order valence-corrected chi connectivity index (χ0v) is 9.26. The van der Waals surface area contributed by atoms with Crippen LogP contribution in [0.4, 0.5) is 8.78 Å². The van der Waals surface area contributed by atoms with Gasteiger partial charge < -0.3 is 0 Å². The molecule has 1 rings (SSSR count). The van der Waals surface area contributed by atoms with Crippen LogP contribution in [-0.4, -0.2) is 0 Å². The van der Waals surface area contributed by atoms with Crippen LogP contribution in [0.25, 0.3) is 0 Å². The maximum absolute atomic E-state index is 13.5. The molecule has 3 N–H and O–H groups in total. The van der Waals surface area contributed by atoms with Gasteiger partial charge in [0.25, 0.3) is 0 Å². The maximum Gasteiger partial charge on any atom is 0.163 e. The van der Waals surface area contributed by atoms with E-state index in [2.05, 4.69) is 12.0 Å². The van der Waals surface area contributed by atoms with Gasteiger partial charge in [0.1, 0.15) is 0 Å². The Morgan fingerprint density at radius 3 is 2.75 bits per heavy atom. The molecule has 88 valence electrons. The monoisotopic (exact) mass is 226 g/mol. The molecular weight excluding hydrogens is 210 g/mol. The summed E-state index contributed by atoms with van der Waals surface area (Å²) in [6, 6.07) is 3.63. The van der Waals surface area contributed by atoms with Gasteiger partial charge in [0, 0.05) is 5.56 Å². The quantitative estimate of drug-likeness (QED) is 0.460. The number of nitrogens with one attached hydrogen (secondary N) is 1. The molecule has 1 aromatic carbocycles. The topological polar surface area (TPSA) is 38.0 Å². The fourth-order valence-corrected chi connectivity index (χ4v) is 1.48. The number of benzene rings is 1. The van der Waals surface area contributed by atoms with E-state index in [1.807, 2.05) is 6.92 Å². The molecule has 0 radical (unpaired) electrons. The van der Waals surface area contributed by atoms with E-state index in [0.29, 0.717) is 6.42 Å². The van der Waals surface area contributed by atoms with Crippen molar-refractivity contribution in [3.05, 3.63) is 47.5 Å². The lowest BCUT2D eigenvalue weighted by Gasteiger charge is -2.18. The van der Waals surface area contributed by atoms with Crippen LogP contribution in [0, 0.1) is 11.6 Å². The highest BCUT2D eigenvalue weighted by atomic mass is 19.2. The predicted molar refractivity (Wildman–Crippen MR) is 60.5 cm³/mol. The molecule has 0 aliphatic carbocycles. The number of hydrogen-bond donors (Lipinski definition) is 2. The Hall–Kier alpha value is -1.26. The van der Waals surface area contributed by atoms with Crippen LogP contribution in [0.5, 0.6) is 0 Å².